The number of rotatable bonds is 2. The van der Waals surface area contributed by atoms with Crippen LogP contribution in [0.25, 0.3) is 38.1 Å². The van der Waals surface area contributed by atoms with E-state index in [0.717, 1.165) is 27.2 Å². The average Bonchev–Trinajstić information content (AvgIpc) is 3.00. The van der Waals surface area contributed by atoms with Gasteiger partial charge in [0.05, 0.1) is 16.6 Å². The monoisotopic (exact) mass is 355 g/mol. The van der Waals surface area contributed by atoms with Crippen molar-refractivity contribution in [2.24, 2.45) is 0 Å². The van der Waals surface area contributed by atoms with Crippen LogP contribution in [0.3, 0.4) is 0 Å². The number of nitrogens with one attached hydrogen (secondary N) is 1. The molecule has 3 heterocycles. The second kappa shape index (κ2) is 5.51. The van der Waals surface area contributed by atoms with E-state index in [1.165, 1.54) is 0 Å². The fourth-order valence-electron chi connectivity index (χ4n) is 3.83. The third-order valence-corrected chi connectivity index (χ3v) is 4.92. The minimum absolute atomic E-state index is 0.0153. The van der Waals surface area contributed by atoms with Crippen LogP contribution in [-0.2, 0) is 0 Å². The Balaban J connectivity index is 2.05. The molecule has 5 nitrogen and oxygen atoms in total. The van der Waals surface area contributed by atoms with Gasteiger partial charge in [0.25, 0.3) is 11.5 Å². The SMILES string of the molecule is CC(C)NC(=O)c1cc2c3ccccc3n3c(=O)c4ccccc4c(n1)c23. The molecule has 0 unspecified atom stereocenters. The van der Waals surface area contributed by atoms with Crippen molar-refractivity contribution in [2.75, 3.05) is 0 Å². The number of aromatic nitrogens is 2. The predicted octanol–water partition coefficient (Wildman–Crippen LogP) is 3.73. The number of fused-ring (bicyclic) bond motifs is 5. The van der Waals surface area contributed by atoms with Gasteiger partial charge in [0.1, 0.15) is 5.69 Å². The van der Waals surface area contributed by atoms with Crippen LogP contribution in [0.4, 0.5) is 0 Å². The number of hydrogen-bond acceptors (Lipinski definition) is 3. The fourth-order valence-corrected chi connectivity index (χ4v) is 3.83. The number of carbonyl (C=O) groups is 1. The van der Waals surface area contributed by atoms with E-state index in [4.69, 9.17) is 0 Å². The van der Waals surface area contributed by atoms with Crippen molar-refractivity contribution >= 4 is 44.0 Å². The number of benzene rings is 2. The number of carbonyl (C=O) groups excluding carboxylic acids is 1. The molecular formula is C22H17N3O2. The van der Waals surface area contributed by atoms with Gasteiger partial charge in [-0.3, -0.25) is 14.0 Å². The topological polar surface area (TPSA) is 63.5 Å². The van der Waals surface area contributed by atoms with Crippen LogP contribution in [0, 0.1) is 0 Å². The Morgan fingerprint density at radius 2 is 1.63 bits per heavy atom. The third kappa shape index (κ3) is 2.15. The lowest BCUT2D eigenvalue weighted by Crippen LogP contribution is -2.30. The Morgan fingerprint density at radius 1 is 0.963 bits per heavy atom. The van der Waals surface area contributed by atoms with E-state index in [-0.39, 0.29) is 17.5 Å². The molecule has 1 amide bonds. The standard InChI is InChI=1S/C22H17N3O2/c1-12(2)23-21(26)17-11-16-13-7-5-6-10-18(13)25-20(16)19(24-17)14-8-3-4-9-15(14)22(25)27/h3-12H,1-2H3,(H,23,26). The maximum absolute atomic E-state index is 13.2. The van der Waals surface area contributed by atoms with E-state index in [9.17, 15) is 9.59 Å². The highest BCUT2D eigenvalue weighted by Crippen LogP contribution is 2.33. The highest BCUT2D eigenvalue weighted by atomic mass is 16.2. The molecule has 1 N–H and O–H groups in total. The molecule has 0 spiro atoms. The zero-order valence-electron chi connectivity index (χ0n) is 15.0. The Kier molecular flexibility index (Phi) is 3.22. The first-order valence-electron chi connectivity index (χ1n) is 8.95. The van der Waals surface area contributed by atoms with Gasteiger partial charge < -0.3 is 5.32 Å². The van der Waals surface area contributed by atoms with Crippen LogP contribution >= 0.6 is 0 Å². The summed E-state index contributed by atoms with van der Waals surface area (Å²) in [5.74, 6) is -0.214. The van der Waals surface area contributed by atoms with Crippen LogP contribution < -0.4 is 10.9 Å². The van der Waals surface area contributed by atoms with E-state index in [1.54, 1.807) is 10.5 Å². The van der Waals surface area contributed by atoms with Gasteiger partial charge in [0.2, 0.25) is 0 Å². The molecule has 0 bridgehead atoms. The summed E-state index contributed by atoms with van der Waals surface area (Å²) in [6.07, 6.45) is 0. The largest absolute Gasteiger partial charge is 0.349 e. The number of amides is 1. The lowest BCUT2D eigenvalue weighted by atomic mass is 10.1. The molecule has 0 saturated carbocycles. The summed E-state index contributed by atoms with van der Waals surface area (Å²) in [5.41, 5.74) is 2.56. The number of hydrogen-bond donors (Lipinski definition) is 1. The van der Waals surface area contributed by atoms with E-state index in [0.29, 0.717) is 16.6 Å². The van der Waals surface area contributed by atoms with Crippen molar-refractivity contribution in [1.29, 1.82) is 0 Å². The summed E-state index contributed by atoms with van der Waals surface area (Å²) < 4.78 is 1.72. The maximum atomic E-state index is 13.2. The van der Waals surface area contributed by atoms with Crippen molar-refractivity contribution in [3.63, 3.8) is 0 Å². The quantitative estimate of drug-likeness (QED) is 0.491. The molecule has 0 aliphatic heterocycles. The van der Waals surface area contributed by atoms with Crippen LogP contribution in [0.15, 0.2) is 59.4 Å². The minimum atomic E-state index is -0.214. The van der Waals surface area contributed by atoms with Crippen molar-refractivity contribution in [3.8, 4) is 0 Å². The minimum Gasteiger partial charge on any atom is -0.349 e. The number of pyridine rings is 2. The first-order valence-corrected chi connectivity index (χ1v) is 8.95. The lowest BCUT2D eigenvalue weighted by Gasteiger charge is -2.10. The molecule has 0 atom stereocenters. The summed E-state index contributed by atoms with van der Waals surface area (Å²) in [6.45, 7) is 3.83. The van der Waals surface area contributed by atoms with Gasteiger partial charge >= 0.3 is 0 Å². The van der Waals surface area contributed by atoms with Gasteiger partial charge in [0.15, 0.2) is 0 Å². The summed E-state index contributed by atoms with van der Waals surface area (Å²) in [7, 11) is 0. The number of nitrogens with zero attached hydrogens (tertiary/aromatic N) is 2. The Labute approximate surface area is 154 Å². The van der Waals surface area contributed by atoms with E-state index in [2.05, 4.69) is 10.3 Å². The Bertz CT molecular complexity index is 1420. The Hall–Kier alpha value is -3.47. The zero-order valence-corrected chi connectivity index (χ0v) is 15.0. The molecule has 0 aliphatic carbocycles. The van der Waals surface area contributed by atoms with Gasteiger partial charge in [0, 0.05) is 27.6 Å². The lowest BCUT2D eigenvalue weighted by molar-refractivity contribution is 0.0938. The molecule has 2 aromatic carbocycles. The molecular weight excluding hydrogens is 338 g/mol. The molecule has 0 radical (unpaired) electrons. The first-order chi connectivity index (χ1) is 13.1. The normalized spacial score (nSPS) is 12.0. The van der Waals surface area contributed by atoms with Crippen molar-refractivity contribution in [2.45, 2.75) is 19.9 Å². The summed E-state index contributed by atoms with van der Waals surface area (Å²) in [5, 5.41) is 6.08. The second-order valence-corrected chi connectivity index (χ2v) is 7.08. The van der Waals surface area contributed by atoms with Crippen molar-refractivity contribution < 1.29 is 4.79 Å². The van der Waals surface area contributed by atoms with E-state index in [1.807, 2.05) is 62.4 Å². The summed E-state index contributed by atoms with van der Waals surface area (Å²) in [4.78, 5) is 30.5. The average molecular weight is 355 g/mol. The van der Waals surface area contributed by atoms with Crippen LogP contribution in [0.5, 0.6) is 0 Å². The third-order valence-electron chi connectivity index (χ3n) is 4.92. The second-order valence-electron chi connectivity index (χ2n) is 7.08. The fraction of sp³-hybridized carbons (Fsp3) is 0.136. The molecule has 0 saturated heterocycles. The predicted molar refractivity (Wildman–Crippen MR) is 108 cm³/mol. The first kappa shape index (κ1) is 15.8. The van der Waals surface area contributed by atoms with Crippen LogP contribution in [-0.4, -0.2) is 21.3 Å². The Morgan fingerprint density at radius 3 is 2.37 bits per heavy atom. The smallest absolute Gasteiger partial charge is 0.270 e. The van der Waals surface area contributed by atoms with E-state index >= 15 is 0 Å². The molecule has 27 heavy (non-hydrogen) atoms. The zero-order chi connectivity index (χ0) is 18.7. The number of para-hydroxylation sites is 1. The molecule has 0 aliphatic rings. The molecule has 5 rings (SSSR count). The van der Waals surface area contributed by atoms with Crippen molar-refractivity contribution in [1.82, 2.24) is 14.7 Å². The molecule has 132 valence electrons. The molecule has 5 heteroatoms. The van der Waals surface area contributed by atoms with Crippen LogP contribution in [0.1, 0.15) is 24.3 Å². The highest BCUT2D eigenvalue weighted by Gasteiger charge is 2.20. The van der Waals surface area contributed by atoms with Crippen molar-refractivity contribution in [3.05, 3.63) is 70.6 Å². The molecule has 0 fully saturated rings. The van der Waals surface area contributed by atoms with Gasteiger partial charge in [-0.15, -0.1) is 0 Å². The highest BCUT2D eigenvalue weighted by molar-refractivity contribution is 6.20. The maximum Gasteiger partial charge on any atom is 0.270 e. The van der Waals surface area contributed by atoms with E-state index < -0.39 is 0 Å². The molecule has 3 aromatic heterocycles. The van der Waals surface area contributed by atoms with Gasteiger partial charge in [-0.25, -0.2) is 4.98 Å². The van der Waals surface area contributed by atoms with Gasteiger partial charge in [-0.1, -0.05) is 36.4 Å². The van der Waals surface area contributed by atoms with Gasteiger partial charge in [-0.2, -0.15) is 0 Å². The summed E-state index contributed by atoms with van der Waals surface area (Å²) >= 11 is 0. The van der Waals surface area contributed by atoms with Crippen LogP contribution in [0.2, 0.25) is 0 Å². The molecule has 5 aromatic rings. The van der Waals surface area contributed by atoms with Gasteiger partial charge in [-0.05, 0) is 32.0 Å². The summed E-state index contributed by atoms with van der Waals surface area (Å²) in [6, 6.07) is 17.0.